The lowest BCUT2D eigenvalue weighted by Gasteiger charge is -2.29. The second kappa shape index (κ2) is 19.4. The average Bonchev–Trinajstić information content (AvgIpc) is 3.73. The van der Waals surface area contributed by atoms with Gasteiger partial charge in [-0.3, -0.25) is 19.5 Å². The number of carbonyl (C=O) groups is 3. The van der Waals surface area contributed by atoms with Gasteiger partial charge in [0.25, 0.3) is 5.91 Å². The van der Waals surface area contributed by atoms with Gasteiger partial charge in [-0.15, -0.1) is 12.4 Å². The van der Waals surface area contributed by atoms with E-state index in [0.29, 0.717) is 36.6 Å². The lowest BCUT2D eigenvalue weighted by Crippen LogP contribution is -2.48. The number of anilines is 1. The van der Waals surface area contributed by atoms with Gasteiger partial charge in [0.1, 0.15) is 12.6 Å². The summed E-state index contributed by atoms with van der Waals surface area (Å²) in [4.78, 5) is 46.1. The third kappa shape index (κ3) is 10.8. The van der Waals surface area contributed by atoms with Crippen LogP contribution in [0.2, 0.25) is 0 Å². The molecule has 2 fully saturated rings. The number of alkyl halides is 4. The Morgan fingerprint density at radius 2 is 1.58 bits per heavy atom. The van der Waals surface area contributed by atoms with Crippen molar-refractivity contribution in [3.05, 3.63) is 89.2 Å². The summed E-state index contributed by atoms with van der Waals surface area (Å²) in [6, 6.07) is 18.3. The predicted octanol–water partition coefficient (Wildman–Crippen LogP) is 5.84. The predicted molar refractivity (Wildman–Crippen MR) is 218 cm³/mol. The minimum atomic E-state index is -4.82. The number of H-pyrrole nitrogens is 1. The van der Waals surface area contributed by atoms with Crippen molar-refractivity contribution in [1.29, 1.82) is 0 Å². The van der Waals surface area contributed by atoms with Crippen LogP contribution in [-0.2, 0) is 21.9 Å². The number of aryl methyl sites for hydroxylation is 1. The second-order valence-electron chi connectivity index (χ2n) is 15.5. The molecule has 59 heavy (non-hydrogen) atoms. The highest BCUT2D eigenvalue weighted by Crippen LogP contribution is 2.41. The molecule has 2 heterocycles. The number of carbonyl (C=O) groups excluding carboxylic acids is 3. The zero-order chi connectivity index (χ0) is 41.6. The molecular formula is C42H51ClF4N8O4. The lowest BCUT2D eigenvalue weighted by molar-refractivity contribution is -0.236. The smallest absolute Gasteiger partial charge is 0.372 e. The summed E-state index contributed by atoms with van der Waals surface area (Å²) >= 11 is 0. The van der Waals surface area contributed by atoms with Crippen molar-refractivity contribution in [1.82, 2.24) is 30.7 Å². The molecule has 4 aromatic rings. The molecule has 318 valence electrons. The number of nitrogens with zero attached hydrogens (tertiary/aromatic N) is 3. The number of likely N-dealkylation sites (tertiary alicyclic amines) is 1. The fourth-order valence-corrected chi connectivity index (χ4v) is 7.50. The van der Waals surface area contributed by atoms with Crippen molar-refractivity contribution in [2.75, 3.05) is 38.6 Å². The molecule has 2 aliphatic rings. The van der Waals surface area contributed by atoms with Crippen molar-refractivity contribution in [2.24, 2.45) is 17.6 Å². The van der Waals surface area contributed by atoms with Crippen LogP contribution in [0.5, 0.6) is 0 Å². The van der Waals surface area contributed by atoms with E-state index in [2.05, 4.69) is 43.1 Å². The summed E-state index contributed by atoms with van der Waals surface area (Å²) in [5.74, 6) is -12.0. The van der Waals surface area contributed by atoms with E-state index in [1.807, 2.05) is 49.4 Å². The molecule has 0 bridgehead atoms. The van der Waals surface area contributed by atoms with Crippen LogP contribution in [0, 0.1) is 18.8 Å². The van der Waals surface area contributed by atoms with Crippen LogP contribution in [0.3, 0.4) is 0 Å². The number of amides is 3. The van der Waals surface area contributed by atoms with E-state index < -0.39 is 36.2 Å². The summed E-state index contributed by atoms with van der Waals surface area (Å²) in [5.41, 5.74) is 10.6. The van der Waals surface area contributed by atoms with Gasteiger partial charge in [-0.1, -0.05) is 30.3 Å². The SMILES string of the molecule is Cc1cc(C(=O)NC2CCN(C)CC2)ccc1-c1ccc(C[C@H](NC(=O)C2CCC(CN)CC2)C(=O)Nc2ccc(-c3nc(C(F)(F)C(F)(F)CO)n[nH]3)cc2)cc1.Cl. The molecule has 1 aliphatic carbocycles. The third-order valence-electron chi connectivity index (χ3n) is 11.3. The van der Waals surface area contributed by atoms with Crippen molar-refractivity contribution >= 4 is 35.8 Å². The first-order chi connectivity index (χ1) is 27.7. The molecule has 17 heteroatoms. The van der Waals surface area contributed by atoms with Crippen LogP contribution in [0.15, 0.2) is 66.7 Å². The van der Waals surface area contributed by atoms with E-state index in [9.17, 15) is 31.9 Å². The summed E-state index contributed by atoms with van der Waals surface area (Å²) in [6.07, 6.45) is 5.01. The second-order valence-corrected chi connectivity index (χ2v) is 15.5. The van der Waals surface area contributed by atoms with Gasteiger partial charge in [-0.05, 0) is 137 Å². The Labute approximate surface area is 346 Å². The first-order valence-electron chi connectivity index (χ1n) is 19.6. The number of aromatic amines is 1. The summed E-state index contributed by atoms with van der Waals surface area (Å²) in [6.45, 7) is 2.34. The Balaban J connectivity index is 0.00000661. The van der Waals surface area contributed by atoms with Gasteiger partial charge in [0, 0.05) is 35.2 Å². The van der Waals surface area contributed by atoms with Crippen LogP contribution in [-0.4, -0.2) is 94.2 Å². The lowest BCUT2D eigenvalue weighted by atomic mass is 9.81. The highest BCUT2D eigenvalue weighted by molar-refractivity contribution is 5.98. The van der Waals surface area contributed by atoms with Crippen molar-refractivity contribution < 1.29 is 37.1 Å². The number of hydrogen-bond acceptors (Lipinski definition) is 8. The highest BCUT2D eigenvalue weighted by Gasteiger charge is 2.60. The maximum absolute atomic E-state index is 14.2. The number of aliphatic hydroxyl groups excluding tert-OH is 1. The number of hydrogen-bond donors (Lipinski definition) is 6. The van der Waals surface area contributed by atoms with Gasteiger partial charge in [0.15, 0.2) is 5.82 Å². The van der Waals surface area contributed by atoms with Gasteiger partial charge in [0.05, 0.1) is 0 Å². The first kappa shape index (κ1) is 45.2. The van der Waals surface area contributed by atoms with Gasteiger partial charge in [-0.25, -0.2) is 4.98 Å². The Morgan fingerprint density at radius 3 is 2.19 bits per heavy atom. The molecule has 1 saturated carbocycles. The number of aromatic nitrogens is 3. The molecule has 0 radical (unpaired) electrons. The van der Waals surface area contributed by atoms with Crippen LogP contribution < -0.4 is 21.7 Å². The van der Waals surface area contributed by atoms with Gasteiger partial charge < -0.3 is 31.7 Å². The third-order valence-corrected chi connectivity index (χ3v) is 11.3. The molecule has 1 aromatic heterocycles. The minimum Gasteiger partial charge on any atom is -0.390 e. The first-order valence-corrected chi connectivity index (χ1v) is 19.6. The van der Waals surface area contributed by atoms with Crippen molar-refractivity contribution in [2.45, 2.75) is 75.8 Å². The molecular weight excluding hydrogens is 792 g/mol. The van der Waals surface area contributed by atoms with Crippen LogP contribution >= 0.6 is 12.4 Å². The maximum atomic E-state index is 14.2. The number of nitrogens with two attached hydrogens (primary N) is 1. The number of piperidine rings is 1. The standard InChI is InChI=1S/C42H50F4N8O4.ClH/c1-25-21-31(38(57)48-33-17-19-54(2)20-18-33)13-16-34(25)28-7-3-26(4-8-28)22-35(50-37(56)30-9-5-27(23-47)6-10-30)39(58)49-32-14-11-29(12-15-32)36-51-40(53-52-36)42(45,46)41(43,44)24-55;/h3-4,7-8,11-16,21,27,30,33,35,55H,5-6,9-10,17-20,22-24,47H2,1-2H3,(H,48,57)(H,49,58)(H,50,56)(H,51,52,53);1H/t27?,30?,35-;/m0./s1. The van der Waals surface area contributed by atoms with Gasteiger partial charge >= 0.3 is 11.8 Å². The van der Waals surface area contributed by atoms with Crippen molar-refractivity contribution in [3.63, 3.8) is 0 Å². The summed E-state index contributed by atoms with van der Waals surface area (Å²) in [7, 11) is 2.08. The van der Waals surface area contributed by atoms with Gasteiger partial charge in [-0.2, -0.15) is 22.7 Å². The Kier molecular flexibility index (Phi) is 14.9. The molecule has 6 rings (SSSR count). The van der Waals surface area contributed by atoms with E-state index in [-0.39, 0.29) is 54.0 Å². The normalized spacial score (nSPS) is 18.4. The molecule has 3 amide bonds. The zero-order valence-corrected chi connectivity index (χ0v) is 33.8. The molecule has 3 aromatic carbocycles. The Morgan fingerprint density at radius 1 is 0.932 bits per heavy atom. The average molecular weight is 843 g/mol. The minimum absolute atomic E-state index is 0. The molecule has 12 nitrogen and oxygen atoms in total. The Hall–Kier alpha value is -4.90. The molecule has 0 spiro atoms. The molecule has 1 saturated heterocycles. The largest absolute Gasteiger partial charge is 0.390 e. The Bertz CT molecular complexity index is 2050. The van der Waals surface area contributed by atoms with Crippen LogP contribution in [0.4, 0.5) is 23.2 Å². The van der Waals surface area contributed by atoms with E-state index in [4.69, 9.17) is 10.8 Å². The van der Waals surface area contributed by atoms with Crippen LogP contribution in [0.1, 0.15) is 65.8 Å². The number of rotatable bonds is 14. The number of aliphatic hydroxyl groups is 1. The van der Waals surface area contributed by atoms with Gasteiger partial charge in [0.2, 0.25) is 17.6 Å². The van der Waals surface area contributed by atoms with Crippen LogP contribution in [0.25, 0.3) is 22.5 Å². The number of benzene rings is 3. The zero-order valence-electron chi connectivity index (χ0n) is 32.9. The molecule has 7 N–H and O–H groups in total. The summed E-state index contributed by atoms with van der Waals surface area (Å²) < 4.78 is 55.7. The van der Waals surface area contributed by atoms with E-state index in [1.54, 1.807) is 0 Å². The fraction of sp³-hybridized carbons (Fsp3) is 0.452. The maximum Gasteiger partial charge on any atom is 0.372 e. The van der Waals surface area contributed by atoms with E-state index >= 15 is 0 Å². The fourth-order valence-electron chi connectivity index (χ4n) is 7.50. The highest BCUT2D eigenvalue weighted by atomic mass is 35.5. The topological polar surface area (TPSA) is 178 Å². The molecule has 0 unspecified atom stereocenters. The molecule has 1 atom stereocenters. The number of halogens is 5. The van der Waals surface area contributed by atoms with E-state index in [1.165, 1.54) is 24.3 Å². The number of nitrogens with one attached hydrogen (secondary N) is 4. The quantitative estimate of drug-likeness (QED) is 0.0858. The monoisotopic (exact) mass is 842 g/mol. The molecule has 1 aliphatic heterocycles. The summed E-state index contributed by atoms with van der Waals surface area (Å²) in [5, 5.41) is 23.1. The van der Waals surface area contributed by atoms with Crippen molar-refractivity contribution in [3.8, 4) is 22.5 Å². The van der Waals surface area contributed by atoms with E-state index in [0.717, 1.165) is 61.0 Å².